The van der Waals surface area contributed by atoms with E-state index >= 15 is 0 Å². The first kappa shape index (κ1) is 12.3. The summed E-state index contributed by atoms with van der Waals surface area (Å²) in [7, 11) is 0. The second-order valence-corrected chi connectivity index (χ2v) is 2.86. The zero-order valence-electron chi connectivity index (χ0n) is 7.90. The van der Waals surface area contributed by atoms with E-state index in [1.807, 2.05) is 12.1 Å². The molecule has 0 amide bonds. The number of aldehydes is 1. The molecule has 0 saturated carbocycles. The zero-order chi connectivity index (χ0) is 9.94. The summed E-state index contributed by atoms with van der Waals surface area (Å²) in [5.41, 5.74) is 0. The maximum absolute atomic E-state index is 9.56. The molecule has 1 aromatic heterocycles. The average Bonchev–Trinajstić information content (AvgIpc) is 2.68. The number of thiol groups is 1. The van der Waals surface area contributed by atoms with Crippen LogP contribution in [0.3, 0.4) is 0 Å². The molecule has 1 heterocycles. The predicted molar refractivity (Wildman–Crippen MR) is 57.0 cm³/mol. The molecule has 0 spiro atoms. The highest BCUT2D eigenvalue weighted by Gasteiger charge is 1.85. The molecule has 0 unspecified atom stereocenters. The van der Waals surface area contributed by atoms with Crippen LogP contribution in [0.15, 0.2) is 22.8 Å². The Morgan fingerprint density at radius 3 is 2.62 bits per heavy atom. The standard InChI is InChI=1S/C5H6OS.C5H10O/c7-4-5-2-1-3-6-5;1-2-3-4-5-6/h1-3,7H,4H2;5H,2-4H2,1H3. The molecule has 13 heavy (non-hydrogen) atoms. The fourth-order valence-electron chi connectivity index (χ4n) is 0.690. The second kappa shape index (κ2) is 9.39. The van der Waals surface area contributed by atoms with Crippen LogP contribution >= 0.6 is 12.6 Å². The summed E-state index contributed by atoms with van der Waals surface area (Å²) in [5, 5.41) is 0. The number of carbonyl (C=O) groups excluding carboxylic acids is 1. The van der Waals surface area contributed by atoms with Crippen molar-refractivity contribution in [2.45, 2.75) is 31.9 Å². The van der Waals surface area contributed by atoms with Gasteiger partial charge in [0.1, 0.15) is 12.0 Å². The van der Waals surface area contributed by atoms with Gasteiger partial charge in [0.2, 0.25) is 0 Å². The Kier molecular flexibility index (Phi) is 8.88. The Labute approximate surface area is 84.7 Å². The molecule has 0 atom stereocenters. The van der Waals surface area contributed by atoms with Crippen molar-refractivity contribution in [2.75, 3.05) is 0 Å². The van der Waals surface area contributed by atoms with E-state index in [-0.39, 0.29) is 0 Å². The van der Waals surface area contributed by atoms with Crippen molar-refractivity contribution >= 4 is 18.9 Å². The summed E-state index contributed by atoms with van der Waals surface area (Å²) < 4.78 is 4.91. The quantitative estimate of drug-likeness (QED) is 0.460. The third kappa shape index (κ3) is 7.65. The van der Waals surface area contributed by atoms with Crippen LogP contribution in [-0.2, 0) is 10.5 Å². The van der Waals surface area contributed by atoms with Crippen molar-refractivity contribution in [3.63, 3.8) is 0 Å². The second-order valence-electron chi connectivity index (χ2n) is 2.55. The monoisotopic (exact) mass is 200 g/mol. The lowest BCUT2D eigenvalue weighted by atomic mass is 10.3. The van der Waals surface area contributed by atoms with Crippen LogP contribution < -0.4 is 0 Å². The van der Waals surface area contributed by atoms with E-state index in [4.69, 9.17) is 4.42 Å². The summed E-state index contributed by atoms with van der Waals surface area (Å²) in [6.45, 7) is 2.07. The van der Waals surface area contributed by atoms with Crippen molar-refractivity contribution in [3.8, 4) is 0 Å². The van der Waals surface area contributed by atoms with Gasteiger partial charge in [0.15, 0.2) is 0 Å². The lowest BCUT2D eigenvalue weighted by Gasteiger charge is -1.79. The van der Waals surface area contributed by atoms with Gasteiger partial charge in [-0.05, 0) is 18.6 Å². The predicted octanol–water partition coefficient (Wildman–Crippen LogP) is 3.08. The summed E-state index contributed by atoms with van der Waals surface area (Å²) in [5.74, 6) is 1.61. The first-order chi connectivity index (χ1) is 6.35. The van der Waals surface area contributed by atoms with E-state index in [0.29, 0.717) is 5.75 Å². The molecule has 0 aliphatic rings. The minimum atomic E-state index is 0.688. The molecule has 74 valence electrons. The molecule has 0 saturated heterocycles. The molecule has 2 nitrogen and oxygen atoms in total. The van der Waals surface area contributed by atoms with E-state index in [0.717, 1.165) is 31.3 Å². The average molecular weight is 200 g/mol. The third-order valence-electron chi connectivity index (χ3n) is 1.41. The fraction of sp³-hybridized carbons (Fsp3) is 0.500. The molecule has 1 rings (SSSR count). The van der Waals surface area contributed by atoms with Crippen LogP contribution in [0.1, 0.15) is 31.9 Å². The van der Waals surface area contributed by atoms with Gasteiger partial charge < -0.3 is 9.21 Å². The van der Waals surface area contributed by atoms with Gasteiger partial charge in [-0.25, -0.2) is 0 Å². The molecule has 0 fully saturated rings. The minimum absolute atomic E-state index is 0.688. The van der Waals surface area contributed by atoms with Crippen molar-refractivity contribution in [2.24, 2.45) is 0 Å². The van der Waals surface area contributed by atoms with Crippen molar-refractivity contribution in [3.05, 3.63) is 24.2 Å². The molecular formula is C10H16O2S. The lowest BCUT2D eigenvalue weighted by Crippen LogP contribution is -1.70. The van der Waals surface area contributed by atoms with Crippen LogP contribution in [0.4, 0.5) is 0 Å². The normalized spacial score (nSPS) is 8.77. The molecule has 0 aliphatic heterocycles. The van der Waals surface area contributed by atoms with Crippen molar-refractivity contribution in [1.82, 2.24) is 0 Å². The highest BCUT2D eigenvalue weighted by molar-refractivity contribution is 7.79. The number of hydrogen-bond acceptors (Lipinski definition) is 3. The van der Waals surface area contributed by atoms with Crippen molar-refractivity contribution in [1.29, 1.82) is 0 Å². The van der Waals surface area contributed by atoms with E-state index in [1.165, 1.54) is 0 Å². The Bertz CT molecular complexity index is 195. The molecule has 3 heteroatoms. The minimum Gasteiger partial charge on any atom is -0.468 e. The first-order valence-electron chi connectivity index (χ1n) is 4.42. The highest BCUT2D eigenvalue weighted by atomic mass is 32.1. The van der Waals surface area contributed by atoms with Gasteiger partial charge in [0, 0.05) is 12.2 Å². The molecule has 0 aromatic carbocycles. The van der Waals surface area contributed by atoms with Gasteiger partial charge >= 0.3 is 0 Å². The Morgan fingerprint density at radius 1 is 1.62 bits per heavy atom. The molecule has 1 aromatic rings. The van der Waals surface area contributed by atoms with E-state index in [2.05, 4.69) is 19.6 Å². The van der Waals surface area contributed by atoms with Crippen LogP contribution in [0, 0.1) is 0 Å². The summed E-state index contributed by atoms with van der Waals surface area (Å²) in [6.07, 6.45) is 5.51. The number of furan rings is 1. The summed E-state index contributed by atoms with van der Waals surface area (Å²) >= 11 is 3.98. The van der Waals surface area contributed by atoms with Gasteiger partial charge in [-0.15, -0.1) is 0 Å². The topological polar surface area (TPSA) is 30.2 Å². The lowest BCUT2D eigenvalue weighted by molar-refractivity contribution is -0.107. The molecule has 0 aliphatic carbocycles. The Balaban J connectivity index is 0.000000226. The van der Waals surface area contributed by atoms with Crippen LogP contribution in [-0.4, -0.2) is 6.29 Å². The number of hydrogen-bond donors (Lipinski definition) is 1. The molecule has 0 N–H and O–H groups in total. The van der Waals surface area contributed by atoms with E-state index in [9.17, 15) is 4.79 Å². The van der Waals surface area contributed by atoms with Crippen molar-refractivity contribution < 1.29 is 9.21 Å². The maximum Gasteiger partial charge on any atom is 0.119 e. The molecule has 0 bridgehead atoms. The SMILES string of the molecule is CCCCC=O.SCc1ccco1. The number of carbonyl (C=O) groups is 1. The van der Waals surface area contributed by atoms with Gasteiger partial charge in [-0.2, -0.15) is 12.6 Å². The smallest absolute Gasteiger partial charge is 0.119 e. The third-order valence-corrected chi connectivity index (χ3v) is 1.72. The van der Waals surface area contributed by atoms with Crippen LogP contribution in [0.5, 0.6) is 0 Å². The first-order valence-corrected chi connectivity index (χ1v) is 5.05. The van der Waals surface area contributed by atoms with Gasteiger partial charge in [0.05, 0.1) is 6.26 Å². The van der Waals surface area contributed by atoms with Gasteiger partial charge in [-0.1, -0.05) is 13.3 Å². The van der Waals surface area contributed by atoms with E-state index in [1.54, 1.807) is 6.26 Å². The number of unbranched alkanes of at least 4 members (excludes halogenated alkanes) is 2. The Morgan fingerprint density at radius 2 is 2.38 bits per heavy atom. The maximum atomic E-state index is 9.56. The zero-order valence-corrected chi connectivity index (χ0v) is 8.80. The highest BCUT2D eigenvalue weighted by Crippen LogP contribution is 2.01. The van der Waals surface area contributed by atoms with Gasteiger partial charge in [0.25, 0.3) is 0 Å². The van der Waals surface area contributed by atoms with Crippen LogP contribution in [0.25, 0.3) is 0 Å². The van der Waals surface area contributed by atoms with E-state index < -0.39 is 0 Å². The number of rotatable bonds is 4. The summed E-state index contributed by atoms with van der Waals surface area (Å²) in [6, 6.07) is 3.75. The molecule has 0 radical (unpaired) electrons. The largest absolute Gasteiger partial charge is 0.468 e. The fourth-order valence-corrected chi connectivity index (χ4v) is 0.870. The van der Waals surface area contributed by atoms with Gasteiger partial charge in [-0.3, -0.25) is 0 Å². The molecular weight excluding hydrogens is 184 g/mol. The Hall–Kier alpha value is -0.700. The van der Waals surface area contributed by atoms with Crippen LogP contribution in [0.2, 0.25) is 0 Å². The summed E-state index contributed by atoms with van der Waals surface area (Å²) in [4.78, 5) is 9.56.